The van der Waals surface area contributed by atoms with E-state index in [1.54, 1.807) is 0 Å². The van der Waals surface area contributed by atoms with Crippen LogP contribution in [0.2, 0.25) is 0 Å². The van der Waals surface area contributed by atoms with E-state index in [4.69, 9.17) is 9.47 Å². The molecule has 0 unspecified atom stereocenters. The molecular formula is C18H36N2O5. The van der Waals surface area contributed by atoms with E-state index in [-0.39, 0.29) is 38.5 Å². The molecular weight excluding hydrogens is 324 g/mol. The number of rotatable bonds is 13. The third kappa shape index (κ3) is 9.55. The molecule has 0 heterocycles. The zero-order chi connectivity index (χ0) is 18.7. The second-order valence-electron chi connectivity index (χ2n) is 6.63. The Hall–Kier alpha value is -1.47. The van der Waals surface area contributed by atoms with Gasteiger partial charge in [0, 0.05) is 40.6 Å². The van der Waals surface area contributed by atoms with Crippen molar-refractivity contribution in [3.8, 4) is 0 Å². The first-order valence-corrected chi connectivity index (χ1v) is 9.20. The monoisotopic (exact) mass is 360 g/mol. The normalized spacial score (nSPS) is 19.4. The minimum Gasteiger partial charge on any atom is -0.379 e. The van der Waals surface area contributed by atoms with Crippen LogP contribution in [0.25, 0.3) is 0 Å². The molecule has 0 radical (unpaired) electrons. The van der Waals surface area contributed by atoms with Crippen molar-refractivity contribution in [2.24, 2.45) is 5.92 Å². The lowest BCUT2D eigenvalue weighted by Gasteiger charge is -2.34. The van der Waals surface area contributed by atoms with E-state index in [2.05, 4.69) is 10.6 Å². The molecule has 0 saturated heterocycles. The minimum atomic E-state index is -0.0665. The van der Waals surface area contributed by atoms with Crippen LogP contribution in [0, 0.1) is 5.92 Å². The Labute approximate surface area is 153 Å². The fourth-order valence-electron chi connectivity index (χ4n) is 2.59. The third-order valence-electron chi connectivity index (χ3n) is 4.13. The summed E-state index contributed by atoms with van der Waals surface area (Å²) in [6.07, 6.45) is 2.83. The van der Waals surface area contributed by atoms with Crippen LogP contribution < -0.4 is 10.6 Å². The second-order valence-corrected chi connectivity index (χ2v) is 6.63. The summed E-state index contributed by atoms with van der Waals surface area (Å²) in [6.45, 7) is 7.25. The summed E-state index contributed by atoms with van der Waals surface area (Å²) < 4.78 is 10.6. The predicted octanol–water partition coefficient (Wildman–Crippen LogP) is 1.69. The second kappa shape index (κ2) is 12.0. The van der Waals surface area contributed by atoms with E-state index < -0.39 is 0 Å². The molecule has 25 heavy (non-hydrogen) atoms. The zero-order valence-corrected chi connectivity index (χ0v) is 15.6. The largest absolute Gasteiger partial charge is 0.379 e. The van der Waals surface area contributed by atoms with Gasteiger partial charge in [0.2, 0.25) is 11.8 Å². The number of ketones is 1. The number of Topliss-reactive ketones (excluding diaryl/α,β-unsaturated/α-hetero) is 1. The molecule has 7 nitrogen and oxygen atoms in total. The summed E-state index contributed by atoms with van der Waals surface area (Å²) in [5, 5.41) is 5.65. The predicted molar refractivity (Wildman–Crippen MR) is 98.3 cm³/mol. The number of ether oxygens (including phenoxy) is 2. The van der Waals surface area contributed by atoms with Crippen LogP contribution in [0.4, 0.5) is 0 Å². The summed E-state index contributed by atoms with van der Waals surface area (Å²) >= 11 is 0. The van der Waals surface area contributed by atoms with Crippen LogP contribution in [0.3, 0.4) is 0 Å². The highest BCUT2D eigenvalue weighted by molar-refractivity contribution is 5.82. The lowest BCUT2D eigenvalue weighted by Crippen LogP contribution is -2.46. The van der Waals surface area contributed by atoms with Gasteiger partial charge >= 0.3 is 0 Å². The average Bonchev–Trinajstić information content (AvgIpc) is 2.52. The molecule has 2 N–H and O–H groups in total. The van der Waals surface area contributed by atoms with Gasteiger partial charge in [0.05, 0.1) is 25.9 Å². The van der Waals surface area contributed by atoms with E-state index in [0.717, 1.165) is 12.8 Å². The van der Waals surface area contributed by atoms with Gasteiger partial charge < -0.3 is 20.1 Å². The molecule has 7 heteroatoms. The van der Waals surface area contributed by atoms with E-state index in [1.807, 2.05) is 20.8 Å². The van der Waals surface area contributed by atoms with Gasteiger partial charge in [-0.25, -0.2) is 0 Å². The van der Waals surface area contributed by atoms with Gasteiger partial charge in [-0.2, -0.15) is 0 Å². The smallest absolute Gasteiger partial charge is 0.222 e. The Balaban J connectivity index is 0. The Morgan fingerprint density at radius 3 is 2.40 bits per heavy atom. The van der Waals surface area contributed by atoms with Crippen molar-refractivity contribution in [2.45, 2.75) is 65.0 Å². The van der Waals surface area contributed by atoms with E-state index in [9.17, 15) is 14.4 Å². The Morgan fingerprint density at radius 1 is 1.08 bits per heavy atom. The van der Waals surface area contributed by atoms with Crippen molar-refractivity contribution < 1.29 is 26.7 Å². The van der Waals surface area contributed by atoms with Gasteiger partial charge in [-0.05, 0) is 26.7 Å². The summed E-state index contributed by atoms with van der Waals surface area (Å²) in [6, 6.07) is 0.125. The number of carbonyl (C=O) groups is 3. The third-order valence-corrected chi connectivity index (χ3v) is 4.13. The Bertz CT molecular complexity index is 443. The average molecular weight is 360 g/mol. The van der Waals surface area contributed by atoms with Crippen LogP contribution in [-0.4, -0.2) is 56.1 Å². The molecule has 1 aliphatic rings. The molecule has 1 aliphatic carbocycles. The van der Waals surface area contributed by atoms with Crippen molar-refractivity contribution in [3.05, 3.63) is 0 Å². The maximum atomic E-state index is 11.7. The first-order valence-electron chi connectivity index (χ1n) is 9.20. The molecule has 2 amide bonds. The standard InChI is InChI=1S/C18H32N2O5.2H2/c1-4-16(21)14-11-15(12-14)20-18(23)5-8-24-10-7-19-17(22)6-9-25-13(2)3;;/h13-15H,4-12H2,1-3H3,(H,19,22)(H,20,23);2*1H. The van der Waals surface area contributed by atoms with Crippen LogP contribution in [0.5, 0.6) is 0 Å². The van der Waals surface area contributed by atoms with Crippen molar-refractivity contribution in [1.82, 2.24) is 10.6 Å². The van der Waals surface area contributed by atoms with Crippen molar-refractivity contribution in [3.63, 3.8) is 0 Å². The molecule has 0 bridgehead atoms. The van der Waals surface area contributed by atoms with Gasteiger partial charge in [-0.3, -0.25) is 14.4 Å². The topological polar surface area (TPSA) is 93.7 Å². The van der Waals surface area contributed by atoms with Crippen LogP contribution >= 0.6 is 0 Å². The number of hydrogen-bond acceptors (Lipinski definition) is 5. The molecule has 1 fully saturated rings. The van der Waals surface area contributed by atoms with Crippen molar-refractivity contribution in [2.75, 3.05) is 26.4 Å². The maximum absolute atomic E-state index is 11.7. The fraction of sp³-hybridized carbons (Fsp3) is 0.833. The maximum Gasteiger partial charge on any atom is 0.222 e. The molecule has 0 aromatic rings. The van der Waals surface area contributed by atoms with Gasteiger partial charge in [-0.1, -0.05) is 6.92 Å². The molecule has 0 aromatic heterocycles. The van der Waals surface area contributed by atoms with Crippen molar-refractivity contribution >= 4 is 17.6 Å². The highest BCUT2D eigenvalue weighted by atomic mass is 16.5. The number of amides is 2. The van der Waals surface area contributed by atoms with Gasteiger partial charge in [0.15, 0.2) is 0 Å². The summed E-state index contributed by atoms with van der Waals surface area (Å²) in [5.74, 6) is 0.290. The SMILES string of the molecule is CCC(=O)C1CC(NC(=O)CCOCCNC(=O)CCOC(C)C)C1.[HH].[HH]. The van der Waals surface area contributed by atoms with Crippen LogP contribution in [0.15, 0.2) is 0 Å². The van der Waals surface area contributed by atoms with Crippen LogP contribution in [0.1, 0.15) is 55.7 Å². The first kappa shape index (κ1) is 21.6. The minimum absolute atomic E-state index is 0. The number of carbonyl (C=O) groups excluding carboxylic acids is 3. The molecule has 0 spiro atoms. The molecule has 1 saturated carbocycles. The highest BCUT2D eigenvalue weighted by Crippen LogP contribution is 2.29. The van der Waals surface area contributed by atoms with Gasteiger partial charge in [0.1, 0.15) is 5.78 Å². The lowest BCUT2D eigenvalue weighted by atomic mass is 9.77. The molecule has 0 atom stereocenters. The lowest BCUT2D eigenvalue weighted by molar-refractivity contribution is -0.129. The summed E-state index contributed by atoms with van der Waals surface area (Å²) in [7, 11) is 0. The van der Waals surface area contributed by atoms with Crippen LogP contribution in [-0.2, 0) is 23.9 Å². The molecule has 0 aliphatic heterocycles. The Kier molecular flexibility index (Phi) is 10.3. The summed E-state index contributed by atoms with van der Waals surface area (Å²) in [4.78, 5) is 34.7. The van der Waals surface area contributed by atoms with E-state index in [0.29, 0.717) is 45.6 Å². The quantitative estimate of drug-likeness (QED) is 0.488. The zero-order valence-electron chi connectivity index (χ0n) is 15.6. The summed E-state index contributed by atoms with van der Waals surface area (Å²) in [5.41, 5.74) is 0. The number of hydrogen-bond donors (Lipinski definition) is 2. The van der Waals surface area contributed by atoms with Gasteiger partial charge in [-0.15, -0.1) is 0 Å². The van der Waals surface area contributed by atoms with E-state index >= 15 is 0 Å². The van der Waals surface area contributed by atoms with Gasteiger partial charge in [0.25, 0.3) is 0 Å². The van der Waals surface area contributed by atoms with Crippen molar-refractivity contribution in [1.29, 1.82) is 0 Å². The highest BCUT2D eigenvalue weighted by Gasteiger charge is 2.33. The van der Waals surface area contributed by atoms with E-state index in [1.165, 1.54) is 0 Å². The molecule has 1 rings (SSSR count). The molecule has 0 aromatic carbocycles. The molecule has 148 valence electrons. The fourth-order valence-corrected chi connectivity index (χ4v) is 2.59. The Morgan fingerprint density at radius 2 is 1.76 bits per heavy atom. The number of nitrogens with one attached hydrogen (secondary N) is 2. The first-order chi connectivity index (χ1) is 11.9.